The number of imidazole rings is 1. The lowest BCUT2D eigenvalue weighted by Gasteiger charge is -2.24. The number of aromatic nitrogens is 2. The highest BCUT2D eigenvalue weighted by Gasteiger charge is 2.06. The van der Waals surface area contributed by atoms with E-state index in [1.807, 2.05) is 12.4 Å². The molecule has 98 valence electrons. The number of nitrogens with zero attached hydrogens (tertiary/aromatic N) is 3. The molecule has 4 heteroatoms. The van der Waals surface area contributed by atoms with Gasteiger partial charge in [-0.15, -0.1) is 0 Å². The van der Waals surface area contributed by atoms with E-state index in [1.165, 1.54) is 0 Å². The molecule has 1 saturated heterocycles. The molecule has 0 spiro atoms. The van der Waals surface area contributed by atoms with E-state index < -0.39 is 0 Å². The number of hydrogen-bond acceptors (Lipinski definition) is 3. The fraction of sp³-hybridized carbons (Fsp3) is 0.643. The number of piperazine rings is 1. The average molecular weight is 246 g/mol. The molecule has 1 aliphatic heterocycles. The summed E-state index contributed by atoms with van der Waals surface area (Å²) < 4.78 is 2.19. The van der Waals surface area contributed by atoms with Crippen molar-refractivity contribution >= 4 is 0 Å². The summed E-state index contributed by atoms with van der Waals surface area (Å²) in [5, 5.41) is 3.35. The van der Waals surface area contributed by atoms with Gasteiger partial charge < -0.3 is 9.88 Å². The monoisotopic (exact) mass is 246 g/mol. The van der Waals surface area contributed by atoms with Crippen molar-refractivity contribution < 1.29 is 0 Å². The largest absolute Gasteiger partial charge is 0.334 e. The summed E-state index contributed by atoms with van der Waals surface area (Å²) in [6, 6.07) is 0. The molecule has 1 aromatic rings. The molecule has 0 radical (unpaired) electrons. The van der Waals surface area contributed by atoms with Gasteiger partial charge in [0.05, 0.1) is 13.0 Å². The summed E-state index contributed by atoms with van der Waals surface area (Å²) in [7, 11) is 0. The molecule has 0 atom stereocenters. The molecule has 18 heavy (non-hydrogen) atoms. The lowest BCUT2D eigenvalue weighted by Crippen LogP contribution is -2.43. The molecular weight excluding hydrogens is 224 g/mol. The maximum Gasteiger partial charge on any atom is 0.120 e. The molecule has 0 bridgehead atoms. The van der Waals surface area contributed by atoms with Crippen LogP contribution in [-0.4, -0.2) is 47.2 Å². The van der Waals surface area contributed by atoms with E-state index in [9.17, 15) is 0 Å². The molecular formula is C14H22N4. The first-order chi connectivity index (χ1) is 8.90. The highest BCUT2D eigenvalue weighted by Crippen LogP contribution is 1.99. The van der Waals surface area contributed by atoms with Crippen LogP contribution in [0.5, 0.6) is 0 Å². The van der Waals surface area contributed by atoms with Crippen molar-refractivity contribution in [2.75, 3.05) is 32.7 Å². The minimum Gasteiger partial charge on any atom is -0.334 e. The van der Waals surface area contributed by atoms with Crippen LogP contribution >= 0.6 is 0 Å². The van der Waals surface area contributed by atoms with E-state index >= 15 is 0 Å². The van der Waals surface area contributed by atoms with E-state index in [-0.39, 0.29) is 0 Å². The van der Waals surface area contributed by atoms with Crippen molar-refractivity contribution in [2.24, 2.45) is 0 Å². The van der Waals surface area contributed by atoms with Crippen molar-refractivity contribution in [3.8, 4) is 11.8 Å². The second kappa shape index (κ2) is 7.20. The average Bonchev–Trinajstić information content (AvgIpc) is 2.84. The molecule has 0 aromatic carbocycles. The van der Waals surface area contributed by atoms with E-state index in [4.69, 9.17) is 0 Å². The first-order valence-electron chi connectivity index (χ1n) is 6.79. The Kier molecular flexibility index (Phi) is 5.25. The van der Waals surface area contributed by atoms with Crippen LogP contribution in [0.3, 0.4) is 0 Å². The molecule has 0 saturated carbocycles. The summed E-state index contributed by atoms with van der Waals surface area (Å²) in [6.45, 7) is 8.49. The van der Waals surface area contributed by atoms with Gasteiger partial charge in [-0.05, 0) is 6.42 Å². The molecule has 1 aromatic heterocycles. The van der Waals surface area contributed by atoms with Gasteiger partial charge in [-0.25, -0.2) is 4.98 Å². The Morgan fingerprint density at radius 1 is 1.33 bits per heavy atom. The van der Waals surface area contributed by atoms with Crippen molar-refractivity contribution in [3.05, 3.63) is 18.2 Å². The zero-order chi connectivity index (χ0) is 12.6. The van der Waals surface area contributed by atoms with Crippen LogP contribution < -0.4 is 5.32 Å². The highest BCUT2D eigenvalue weighted by molar-refractivity contribution is 5.09. The van der Waals surface area contributed by atoms with Gasteiger partial charge in [0.25, 0.3) is 0 Å². The van der Waals surface area contributed by atoms with E-state index in [2.05, 4.69) is 38.5 Å². The van der Waals surface area contributed by atoms with Crippen LogP contribution in [-0.2, 0) is 13.0 Å². The van der Waals surface area contributed by atoms with E-state index in [1.54, 1.807) is 0 Å². The summed E-state index contributed by atoms with van der Waals surface area (Å²) >= 11 is 0. The van der Waals surface area contributed by atoms with Gasteiger partial charge in [-0.2, -0.15) is 0 Å². The Labute approximate surface area is 109 Å². The normalized spacial score (nSPS) is 16.3. The second-order valence-corrected chi connectivity index (χ2v) is 4.59. The fourth-order valence-corrected chi connectivity index (χ4v) is 2.13. The SMILES string of the molecule is CCCn1ccnc1CC#CCN1CCNCC1. The predicted molar refractivity (Wildman–Crippen MR) is 73.3 cm³/mol. The van der Waals surface area contributed by atoms with Gasteiger partial charge in [-0.1, -0.05) is 18.8 Å². The topological polar surface area (TPSA) is 33.1 Å². The lowest BCUT2D eigenvalue weighted by molar-refractivity contribution is 0.268. The Bertz CT molecular complexity index is 407. The smallest absolute Gasteiger partial charge is 0.120 e. The van der Waals surface area contributed by atoms with Gasteiger partial charge >= 0.3 is 0 Å². The first-order valence-corrected chi connectivity index (χ1v) is 6.79. The predicted octanol–water partition coefficient (Wildman–Crippen LogP) is 0.744. The number of hydrogen-bond donors (Lipinski definition) is 1. The standard InChI is InChI=1S/C14H22N4/c1-2-9-18-13-8-16-14(18)5-3-4-10-17-11-6-15-7-12-17/h8,13,15H,2,5-7,9-12H2,1H3. The maximum absolute atomic E-state index is 4.36. The number of aryl methyl sites for hydroxylation is 1. The molecule has 1 fully saturated rings. The zero-order valence-electron chi connectivity index (χ0n) is 11.2. The molecule has 2 heterocycles. The fourth-order valence-electron chi connectivity index (χ4n) is 2.13. The van der Waals surface area contributed by atoms with Crippen molar-refractivity contribution in [1.29, 1.82) is 0 Å². The third-order valence-electron chi connectivity index (χ3n) is 3.15. The van der Waals surface area contributed by atoms with Crippen molar-refractivity contribution in [2.45, 2.75) is 26.3 Å². The second-order valence-electron chi connectivity index (χ2n) is 4.59. The summed E-state index contributed by atoms with van der Waals surface area (Å²) in [5.74, 6) is 7.58. The zero-order valence-corrected chi connectivity index (χ0v) is 11.2. The van der Waals surface area contributed by atoms with E-state index in [0.717, 1.165) is 57.9 Å². The van der Waals surface area contributed by atoms with Crippen molar-refractivity contribution in [3.63, 3.8) is 0 Å². The minimum atomic E-state index is 0.763. The Morgan fingerprint density at radius 2 is 2.17 bits per heavy atom. The van der Waals surface area contributed by atoms with Gasteiger partial charge in [0.1, 0.15) is 5.82 Å². The van der Waals surface area contributed by atoms with E-state index in [0.29, 0.717) is 0 Å². The third-order valence-corrected chi connectivity index (χ3v) is 3.15. The van der Waals surface area contributed by atoms with Crippen LogP contribution in [0.2, 0.25) is 0 Å². The third kappa shape index (κ3) is 3.86. The molecule has 0 unspecified atom stereocenters. The van der Waals surface area contributed by atoms with Crippen LogP contribution in [0.4, 0.5) is 0 Å². The maximum atomic E-state index is 4.36. The van der Waals surface area contributed by atoms with Gasteiger partial charge in [0, 0.05) is 45.1 Å². The van der Waals surface area contributed by atoms with Crippen LogP contribution in [0.15, 0.2) is 12.4 Å². The Morgan fingerprint density at radius 3 is 2.94 bits per heavy atom. The van der Waals surface area contributed by atoms with Crippen LogP contribution in [0.25, 0.3) is 0 Å². The van der Waals surface area contributed by atoms with Gasteiger partial charge in [-0.3, -0.25) is 4.90 Å². The van der Waals surface area contributed by atoms with Crippen LogP contribution in [0.1, 0.15) is 19.2 Å². The Hall–Kier alpha value is -1.31. The summed E-state index contributed by atoms with van der Waals surface area (Å²) in [6.07, 6.45) is 5.80. The molecule has 0 aliphatic carbocycles. The number of nitrogens with one attached hydrogen (secondary N) is 1. The first kappa shape index (κ1) is 13.1. The summed E-state index contributed by atoms with van der Waals surface area (Å²) in [4.78, 5) is 6.75. The van der Waals surface area contributed by atoms with Gasteiger partial charge in [0.2, 0.25) is 0 Å². The molecule has 4 nitrogen and oxygen atoms in total. The lowest BCUT2D eigenvalue weighted by atomic mass is 10.3. The van der Waals surface area contributed by atoms with Gasteiger partial charge in [0.15, 0.2) is 0 Å². The molecule has 2 rings (SSSR count). The van der Waals surface area contributed by atoms with Crippen molar-refractivity contribution in [1.82, 2.24) is 19.8 Å². The summed E-state index contributed by atoms with van der Waals surface area (Å²) in [5.41, 5.74) is 0. The quantitative estimate of drug-likeness (QED) is 0.796. The molecule has 0 amide bonds. The molecule has 1 aliphatic rings. The number of rotatable bonds is 4. The minimum absolute atomic E-state index is 0.763. The van der Waals surface area contributed by atoms with Crippen LogP contribution in [0, 0.1) is 11.8 Å². The highest BCUT2D eigenvalue weighted by atomic mass is 15.2. The molecule has 1 N–H and O–H groups in total. The Balaban J connectivity index is 1.78.